The number of fused-ring (bicyclic) bond motifs is 1. The van der Waals surface area contributed by atoms with E-state index in [9.17, 15) is 5.11 Å². The number of aliphatic hydroxyl groups is 1. The summed E-state index contributed by atoms with van der Waals surface area (Å²) < 4.78 is 3.03. The molecule has 1 atom stereocenters. The van der Waals surface area contributed by atoms with Gasteiger partial charge < -0.3 is 5.11 Å². The molecule has 0 fully saturated rings. The fourth-order valence-corrected chi connectivity index (χ4v) is 3.02. The van der Waals surface area contributed by atoms with E-state index in [0.717, 1.165) is 25.7 Å². The Balaban J connectivity index is 1.99. The third-order valence-electron chi connectivity index (χ3n) is 3.81. The number of benzene rings is 2. The lowest BCUT2D eigenvalue weighted by Gasteiger charge is -2.23. The average molecular weight is 392 g/mol. The quantitative estimate of drug-likeness (QED) is 0.692. The molecular formula is C17H17IN2O. The van der Waals surface area contributed by atoms with E-state index >= 15 is 0 Å². The SMILES string of the molecule is Cn1nc(CC(C)(O)c2ccc(I)cc2)c2ccccc21. The molecular weight excluding hydrogens is 375 g/mol. The molecule has 1 N–H and O–H groups in total. The van der Waals surface area contributed by atoms with E-state index in [-0.39, 0.29) is 0 Å². The largest absolute Gasteiger partial charge is 0.385 e. The van der Waals surface area contributed by atoms with Crippen LogP contribution in [0.2, 0.25) is 0 Å². The molecule has 4 heteroatoms. The van der Waals surface area contributed by atoms with Gasteiger partial charge >= 0.3 is 0 Å². The number of nitrogens with zero attached hydrogens (tertiary/aromatic N) is 2. The van der Waals surface area contributed by atoms with Crippen LogP contribution < -0.4 is 0 Å². The number of para-hydroxylation sites is 1. The Labute approximate surface area is 137 Å². The fourth-order valence-electron chi connectivity index (χ4n) is 2.66. The van der Waals surface area contributed by atoms with E-state index in [1.165, 1.54) is 0 Å². The molecule has 0 saturated heterocycles. The molecule has 1 aromatic heterocycles. The second kappa shape index (κ2) is 5.42. The Morgan fingerprint density at radius 1 is 1.14 bits per heavy atom. The maximum Gasteiger partial charge on any atom is 0.0924 e. The summed E-state index contributed by atoms with van der Waals surface area (Å²) in [5.41, 5.74) is 2.00. The molecule has 3 nitrogen and oxygen atoms in total. The Morgan fingerprint density at radius 3 is 2.52 bits per heavy atom. The van der Waals surface area contributed by atoms with Crippen LogP contribution in [0.3, 0.4) is 0 Å². The van der Waals surface area contributed by atoms with E-state index in [4.69, 9.17) is 0 Å². The van der Waals surface area contributed by atoms with Crippen LogP contribution in [0.15, 0.2) is 48.5 Å². The summed E-state index contributed by atoms with van der Waals surface area (Å²) in [5.74, 6) is 0. The van der Waals surface area contributed by atoms with Crippen LogP contribution in [0.5, 0.6) is 0 Å². The highest BCUT2D eigenvalue weighted by atomic mass is 127. The summed E-state index contributed by atoms with van der Waals surface area (Å²) in [6, 6.07) is 16.1. The third kappa shape index (κ3) is 2.82. The van der Waals surface area contributed by atoms with Crippen molar-refractivity contribution in [3.63, 3.8) is 0 Å². The zero-order valence-corrected chi connectivity index (χ0v) is 14.2. The van der Waals surface area contributed by atoms with Crippen LogP contribution in [0, 0.1) is 3.57 Å². The highest BCUT2D eigenvalue weighted by Gasteiger charge is 2.26. The standard InChI is InChI=1S/C17H17IN2O/c1-17(21,12-7-9-13(18)10-8-12)11-15-14-5-3-4-6-16(14)20(2)19-15/h3-10,21H,11H2,1-2H3. The first-order valence-electron chi connectivity index (χ1n) is 6.86. The van der Waals surface area contributed by atoms with Gasteiger partial charge in [0, 0.05) is 22.4 Å². The molecule has 0 saturated carbocycles. The molecule has 1 unspecified atom stereocenters. The number of hydrogen-bond acceptors (Lipinski definition) is 2. The topological polar surface area (TPSA) is 38.0 Å². The van der Waals surface area contributed by atoms with E-state index in [1.54, 1.807) is 0 Å². The van der Waals surface area contributed by atoms with Gasteiger partial charge in [0.05, 0.1) is 16.8 Å². The van der Waals surface area contributed by atoms with Crippen LogP contribution in [0.25, 0.3) is 10.9 Å². The molecule has 0 aliphatic carbocycles. The molecule has 0 aliphatic heterocycles. The van der Waals surface area contributed by atoms with Crippen LogP contribution in [0.4, 0.5) is 0 Å². The number of hydrogen-bond donors (Lipinski definition) is 1. The van der Waals surface area contributed by atoms with Crippen molar-refractivity contribution in [2.24, 2.45) is 7.05 Å². The number of rotatable bonds is 3. The monoisotopic (exact) mass is 392 g/mol. The van der Waals surface area contributed by atoms with Gasteiger partial charge in [-0.3, -0.25) is 4.68 Å². The molecule has 108 valence electrons. The molecule has 0 bridgehead atoms. The molecule has 0 radical (unpaired) electrons. The molecule has 21 heavy (non-hydrogen) atoms. The van der Waals surface area contributed by atoms with Gasteiger partial charge in [-0.1, -0.05) is 30.3 Å². The zero-order chi connectivity index (χ0) is 15.0. The maximum absolute atomic E-state index is 10.8. The van der Waals surface area contributed by atoms with Crippen LogP contribution >= 0.6 is 22.6 Å². The number of halogens is 1. The first-order chi connectivity index (χ1) is 9.97. The van der Waals surface area contributed by atoms with Gasteiger partial charge in [-0.15, -0.1) is 0 Å². The van der Waals surface area contributed by atoms with Crippen molar-refractivity contribution in [3.8, 4) is 0 Å². The second-order valence-corrected chi connectivity index (χ2v) is 6.79. The van der Waals surface area contributed by atoms with Crippen LogP contribution in [-0.2, 0) is 19.1 Å². The molecule has 0 spiro atoms. The minimum Gasteiger partial charge on any atom is -0.385 e. The van der Waals surface area contributed by atoms with Gasteiger partial charge in [0.25, 0.3) is 0 Å². The summed E-state index contributed by atoms with van der Waals surface area (Å²) in [6.07, 6.45) is 0.495. The highest BCUT2D eigenvalue weighted by Crippen LogP contribution is 2.28. The lowest BCUT2D eigenvalue weighted by Crippen LogP contribution is -2.24. The van der Waals surface area contributed by atoms with E-state index in [1.807, 2.05) is 61.1 Å². The average Bonchev–Trinajstić information content (AvgIpc) is 2.76. The summed E-state index contributed by atoms with van der Waals surface area (Å²) in [4.78, 5) is 0. The van der Waals surface area contributed by atoms with Gasteiger partial charge in [-0.25, -0.2) is 0 Å². The normalized spacial score (nSPS) is 14.3. The first kappa shape index (κ1) is 14.5. The first-order valence-corrected chi connectivity index (χ1v) is 7.94. The van der Waals surface area contributed by atoms with Gasteiger partial charge in [0.2, 0.25) is 0 Å². The predicted molar refractivity (Wildman–Crippen MR) is 93.1 cm³/mol. The Morgan fingerprint density at radius 2 is 1.81 bits per heavy atom. The summed E-state index contributed by atoms with van der Waals surface area (Å²) >= 11 is 2.27. The van der Waals surface area contributed by atoms with Crippen LogP contribution in [-0.4, -0.2) is 14.9 Å². The van der Waals surface area contributed by atoms with E-state index in [0.29, 0.717) is 6.42 Å². The maximum atomic E-state index is 10.8. The van der Waals surface area contributed by atoms with Gasteiger partial charge in [-0.2, -0.15) is 5.10 Å². The Hall–Kier alpha value is -1.40. The van der Waals surface area contributed by atoms with Crippen molar-refractivity contribution in [2.75, 3.05) is 0 Å². The van der Waals surface area contributed by atoms with Crippen molar-refractivity contribution >= 4 is 33.5 Å². The number of aryl methyl sites for hydroxylation is 1. The minimum atomic E-state index is -0.929. The predicted octanol–water partition coefficient (Wildman–Crippen LogP) is 3.63. The molecule has 2 aromatic carbocycles. The zero-order valence-electron chi connectivity index (χ0n) is 12.0. The lowest BCUT2D eigenvalue weighted by atomic mass is 9.90. The van der Waals surface area contributed by atoms with Crippen LogP contribution in [0.1, 0.15) is 18.2 Å². The molecule has 0 aliphatic rings. The number of aromatic nitrogens is 2. The van der Waals surface area contributed by atoms with Crippen molar-refractivity contribution in [3.05, 3.63) is 63.4 Å². The fraction of sp³-hybridized carbons (Fsp3) is 0.235. The molecule has 3 rings (SSSR count). The molecule has 0 amide bonds. The highest BCUT2D eigenvalue weighted by molar-refractivity contribution is 14.1. The van der Waals surface area contributed by atoms with E-state index < -0.39 is 5.60 Å². The molecule has 3 aromatic rings. The second-order valence-electron chi connectivity index (χ2n) is 5.54. The van der Waals surface area contributed by atoms with Gasteiger partial charge in [0.15, 0.2) is 0 Å². The Bertz CT molecular complexity index is 775. The summed E-state index contributed by atoms with van der Waals surface area (Å²) in [5, 5.41) is 16.5. The Kier molecular flexibility index (Phi) is 3.75. The molecule has 1 heterocycles. The summed E-state index contributed by atoms with van der Waals surface area (Å²) in [7, 11) is 1.94. The minimum absolute atomic E-state index is 0.495. The summed E-state index contributed by atoms with van der Waals surface area (Å²) in [6.45, 7) is 1.85. The lowest BCUT2D eigenvalue weighted by molar-refractivity contribution is 0.0568. The third-order valence-corrected chi connectivity index (χ3v) is 4.53. The van der Waals surface area contributed by atoms with E-state index in [2.05, 4.69) is 33.8 Å². The van der Waals surface area contributed by atoms with Crippen molar-refractivity contribution in [1.29, 1.82) is 0 Å². The van der Waals surface area contributed by atoms with Gasteiger partial charge in [0.1, 0.15) is 0 Å². The van der Waals surface area contributed by atoms with Crippen molar-refractivity contribution < 1.29 is 5.11 Å². The van der Waals surface area contributed by atoms with Gasteiger partial charge in [-0.05, 0) is 53.3 Å². The van der Waals surface area contributed by atoms with Crippen molar-refractivity contribution in [1.82, 2.24) is 9.78 Å². The van der Waals surface area contributed by atoms with Crippen molar-refractivity contribution in [2.45, 2.75) is 18.9 Å². The smallest absolute Gasteiger partial charge is 0.0924 e.